The van der Waals surface area contributed by atoms with E-state index < -0.39 is 9.84 Å². The van der Waals surface area contributed by atoms with Gasteiger partial charge in [0.25, 0.3) is 0 Å². The summed E-state index contributed by atoms with van der Waals surface area (Å²) < 4.78 is 38.2. The molecule has 4 nitrogen and oxygen atoms in total. The van der Waals surface area contributed by atoms with E-state index in [0.717, 1.165) is 16.8 Å². The fourth-order valence-corrected chi connectivity index (χ4v) is 7.48. The van der Waals surface area contributed by atoms with Crippen molar-refractivity contribution in [1.29, 1.82) is 0 Å². The zero-order chi connectivity index (χ0) is 20.1. The van der Waals surface area contributed by atoms with Crippen molar-refractivity contribution >= 4 is 44.1 Å². The van der Waals surface area contributed by atoms with E-state index in [0.29, 0.717) is 15.8 Å². The molecule has 2 heterocycles. The molecule has 4 rings (SSSR count). The van der Waals surface area contributed by atoms with Crippen LogP contribution >= 0.6 is 23.4 Å². The van der Waals surface area contributed by atoms with Crippen LogP contribution < -0.4 is 4.90 Å². The van der Waals surface area contributed by atoms with Gasteiger partial charge in [-0.15, -0.1) is 0 Å². The topological polar surface area (TPSA) is 49.7 Å². The van der Waals surface area contributed by atoms with Crippen LogP contribution in [0.2, 0.25) is 5.02 Å². The lowest BCUT2D eigenvalue weighted by Crippen LogP contribution is -2.29. The molecule has 2 aromatic rings. The Hall–Kier alpha value is -1.57. The Morgan fingerprint density at radius 2 is 2.00 bits per heavy atom. The second kappa shape index (κ2) is 7.35. The third-order valence-electron chi connectivity index (χ3n) is 5.22. The quantitative estimate of drug-likeness (QED) is 0.713. The molecule has 1 saturated heterocycles. The first-order valence-corrected chi connectivity index (χ1v) is 12.0. The van der Waals surface area contributed by atoms with Crippen LogP contribution in [0.15, 0.2) is 41.4 Å². The summed E-state index contributed by atoms with van der Waals surface area (Å²) in [6, 6.07) is 10.4. The van der Waals surface area contributed by atoms with Crippen LogP contribution in [0, 0.1) is 19.7 Å². The highest BCUT2D eigenvalue weighted by molar-refractivity contribution is 8.15. The van der Waals surface area contributed by atoms with Crippen molar-refractivity contribution in [2.24, 2.45) is 4.99 Å². The van der Waals surface area contributed by atoms with Crippen molar-refractivity contribution in [2.45, 2.75) is 31.7 Å². The normalized spacial score (nSPS) is 22.8. The van der Waals surface area contributed by atoms with Gasteiger partial charge in [-0.2, -0.15) is 0 Å². The second-order valence-corrected chi connectivity index (χ2v) is 11.0. The average Bonchev–Trinajstić information content (AvgIpc) is 3.10. The number of sulfone groups is 1. The van der Waals surface area contributed by atoms with E-state index in [1.54, 1.807) is 12.1 Å². The minimum absolute atomic E-state index is 0.0786. The number of hydrogen-bond donors (Lipinski definition) is 0. The van der Waals surface area contributed by atoms with Crippen molar-refractivity contribution in [2.75, 3.05) is 16.4 Å². The van der Waals surface area contributed by atoms with E-state index in [1.165, 1.54) is 17.8 Å². The molecule has 148 valence electrons. The summed E-state index contributed by atoms with van der Waals surface area (Å²) in [6.07, 6.45) is 0. The predicted octanol–water partition coefficient (Wildman–Crippen LogP) is 4.37. The van der Waals surface area contributed by atoms with Gasteiger partial charge in [-0.1, -0.05) is 35.5 Å². The molecule has 0 spiro atoms. The molecule has 0 aliphatic carbocycles. The molecule has 0 amide bonds. The van der Waals surface area contributed by atoms with Gasteiger partial charge in [0.2, 0.25) is 0 Å². The van der Waals surface area contributed by atoms with Crippen LogP contribution in [0.4, 0.5) is 10.1 Å². The number of anilines is 1. The number of fused-ring (bicyclic) bond motifs is 1. The Morgan fingerprint density at radius 1 is 1.21 bits per heavy atom. The molecule has 0 bridgehead atoms. The maximum atomic E-state index is 14.5. The van der Waals surface area contributed by atoms with Gasteiger partial charge in [0, 0.05) is 21.5 Å². The van der Waals surface area contributed by atoms with E-state index in [1.807, 2.05) is 36.9 Å². The smallest absolute Gasteiger partial charge is 0.164 e. The van der Waals surface area contributed by atoms with Crippen molar-refractivity contribution in [1.82, 2.24) is 0 Å². The summed E-state index contributed by atoms with van der Waals surface area (Å²) in [5.74, 6) is -0.154. The fourth-order valence-electron chi connectivity index (χ4n) is 3.48. The Bertz CT molecular complexity index is 1050. The monoisotopic (exact) mass is 438 g/mol. The van der Waals surface area contributed by atoms with Crippen molar-refractivity contribution in [3.8, 4) is 0 Å². The van der Waals surface area contributed by atoms with Gasteiger partial charge in [-0.25, -0.2) is 12.8 Å². The largest absolute Gasteiger partial charge is 0.317 e. The Labute approximate surface area is 173 Å². The average molecular weight is 439 g/mol. The number of amidine groups is 1. The molecule has 2 atom stereocenters. The Morgan fingerprint density at radius 3 is 2.68 bits per heavy atom. The number of aryl methyl sites for hydroxylation is 2. The van der Waals surface area contributed by atoms with E-state index in [-0.39, 0.29) is 35.2 Å². The number of thioether (sulfide) groups is 1. The summed E-state index contributed by atoms with van der Waals surface area (Å²) in [7, 11) is -3.03. The highest BCUT2D eigenvalue weighted by Gasteiger charge is 2.44. The molecule has 0 saturated carbocycles. The van der Waals surface area contributed by atoms with Gasteiger partial charge in [0.1, 0.15) is 5.82 Å². The molecule has 0 aromatic heterocycles. The maximum Gasteiger partial charge on any atom is 0.164 e. The minimum Gasteiger partial charge on any atom is -0.317 e. The molecule has 2 aromatic carbocycles. The molecule has 0 N–H and O–H groups in total. The number of benzene rings is 2. The van der Waals surface area contributed by atoms with Crippen LogP contribution in [-0.4, -0.2) is 36.4 Å². The maximum absolute atomic E-state index is 14.5. The van der Waals surface area contributed by atoms with Crippen LogP contribution in [0.5, 0.6) is 0 Å². The molecule has 2 aliphatic heterocycles. The van der Waals surface area contributed by atoms with E-state index >= 15 is 0 Å². The van der Waals surface area contributed by atoms with Crippen LogP contribution in [0.25, 0.3) is 0 Å². The zero-order valence-corrected chi connectivity index (χ0v) is 17.9. The van der Waals surface area contributed by atoms with Gasteiger partial charge in [0.15, 0.2) is 15.0 Å². The van der Waals surface area contributed by atoms with Gasteiger partial charge in [-0.05, 0) is 49.2 Å². The van der Waals surface area contributed by atoms with Crippen molar-refractivity contribution in [3.05, 3.63) is 63.9 Å². The summed E-state index contributed by atoms with van der Waals surface area (Å²) in [5, 5.41) is 0.998. The van der Waals surface area contributed by atoms with Gasteiger partial charge in [0.05, 0.1) is 24.1 Å². The molecule has 0 radical (unpaired) electrons. The first-order valence-electron chi connectivity index (χ1n) is 8.96. The molecule has 2 aliphatic rings. The lowest BCUT2D eigenvalue weighted by molar-refractivity contribution is 0.601. The SMILES string of the molecule is Cc1ccc(N(Cc2c(F)cccc2Cl)C2=N[C@H]3CS(=O)(=O)C[C@@H]3S2)cc1C. The zero-order valence-electron chi connectivity index (χ0n) is 15.5. The minimum atomic E-state index is -3.03. The van der Waals surface area contributed by atoms with Gasteiger partial charge in [-0.3, -0.25) is 4.99 Å². The fraction of sp³-hybridized carbons (Fsp3) is 0.350. The number of rotatable bonds is 3. The summed E-state index contributed by atoms with van der Waals surface area (Å²) in [6.45, 7) is 4.29. The van der Waals surface area contributed by atoms with Crippen LogP contribution in [0.1, 0.15) is 16.7 Å². The number of nitrogens with zero attached hydrogens (tertiary/aromatic N) is 2. The highest BCUT2D eigenvalue weighted by Crippen LogP contribution is 2.38. The van der Waals surface area contributed by atoms with Crippen LogP contribution in [-0.2, 0) is 16.4 Å². The lowest BCUT2D eigenvalue weighted by Gasteiger charge is -2.26. The molecular formula is C20H20ClFN2O2S2. The van der Waals surface area contributed by atoms with Gasteiger partial charge >= 0.3 is 0 Å². The number of hydrogen-bond acceptors (Lipinski definition) is 5. The number of halogens is 2. The molecule has 1 fully saturated rings. The first-order chi connectivity index (χ1) is 13.2. The summed E-state index contributed by atoms with van der Waals surface area (Å²) in [4.78, 5) is 6.63. The molecule has 0 unspecified atom stereocenters. The summed E-state index contributed by atoms with van der Waals surface area (Å²) in [5.41, 5.74) is 3.57. The molecule has 8 heteroatoms. The van der Waals surface area contributed by atoms with E-state index in [4.69, 9.17) is 16.6 Å². The Kier molecular flexibility index (Phi) is 5.18. The second-order valence-electron chi connectivity index (χ2n) is 7.27. The van der Waals surface area contributed by atoms with Crippen LogP contribution in [0.3, 0.4) is 0 Å². The predicted molar refractivity (Wildman–Crippen MR) is 115 cm³/mol. The third kappa shape index (κ3) is 3.80. The van der Waals surface area contributed by atoms with E-state index in [2.05, 4.69) is 0 Å². The van der Waals surface area contributed by atoms with Crippen molar-refractivity contribution < 1.29 is 12.8 Å². The third-order valence-corrected chi connectivity index (χ3v) is 8.82. The summed E-state index contributed by atoms with van der Waals surface area (Å²) >= 11 is 7.72. The lowest BCUT2D eigenvalue weighted by atomic mass is 10.1. The standard InChI is InChI=1S/C20H20ClFN2O2S2/c1-12-6-7-14(8-13(12)2)24(9-15-16(21)4-3-5-17(15)22)20-23-18-10-28(25,26)11-19(18)27-20/h3-8,18-19H,9-11H2,1-2H3/t18-,19-/m0/s1. The van der Waals surface area contributed by atoms with E-state index in [9.17, 15) is 12.8 Å². The number of aliphatic imine (C=N–C) groups is 1. The van der Waals surface area contributed by atoms with Gasteiger partial charge < -0.3 is 4.90 Å². The van der Waals surface area contributed by atoms with Crippen molar-refractivity contribution in [3.63, 3.8) is 0 Å². The first kappa shape index (κ1) is 19.7. The Balaban J connectivity index is 1.73. The molecular weight excluding hydrogens is 419 g/mol. The highest BCUT2D eigenvalue weighted by atomic mass is 35.5. The molecule has 28 heavy (non-hydrogen) atoms.